The van der Waals surface area contributed by atoms with Gasteiger partial charge in [0.1, 0.15) is 0 Å². The minimum Gasteiger partial charge on any atom is -0.320 e. The zero-order valence-corrected chi connectivity index (χ0v) is 11.0. The largest absolute Gasteiger partial charge is 0.320 e. The van der Waals surface area contributed by atoms with Crippen LogP contribution in [0.1, 0.15) is 17.5 Å². The van der Waals surface area contributed by atoms with Crippen LogP contribution in [0.15, 0.2) is 54.9 Å². The molecule has 1 aromatic heterocycles. The molecule has 0 aliphatic carbocycles. The number of likely N-dealkylation sites (tertiary alicyclic amines) is 1. The minimum atomic E-state index is -0.224. The van der Waals surface area contributed by atoms with Crippen molar-refractivity contribution in [2.45, 2.75) is 18.5 Å². The van der Waals surface area contributed by atoms with Gasteiger partial charge in [-0.25, -0.2) is 0 Å². The van der Waals surface area contributed by atoms with E-state index in [1.807, 2.05) is 24.5 Å². The number of nitrogens with two attached hydrogens (primary N) is 1. The van der Waals surface area contributed by atoms with Crippen LogP contribution in [0.2, 0.25) is 0 Å². The van der Waals surface area contributed by atoms with Gasteiger partial charge in [-0.3, -0.25) is 9.88 Å². The summed E-state index contributed by atoms with van der Waals surface area (Å²) in [6.45, 7) is 2.94. The molecule has 2 N–H and O–H groups in total. The van der Waals surface area contributed by atoms with E-state index in [2.05, 4.69) is 40.2 Å². The molecule has 3 heteroatoms. The molecule has 1 saturated heterocycles. The van der Waals surface area contributed by atoms with E-state index in [1.165, 1.54) is 11.1 Å². The van der Waals surface area contributed by atoms with Crippen molar-refractivity contribution in [3.63, 3.8) is 0 Å². The molecule has 1 aliphatic heterocycles. The van der Waals surface area contributed by atoms with Crippen LogP contribution in [0, 0.1) is 0 Å². The Morgan fingerprint density at radius 1 is 1.11 bits per heavy atom. The first-order valence-corrected chi connectivity index (χ1v) is 6.72. The van der Waals surface area contributed by atoms with Gasteiger partial charge in [-0.15, -0.1) is 0 Å². The molecular formula is C16H19N3. The highest BCUT2D eigenvalue weighted by Crippen LogP contribution is 2.29. The van der Waals surface area contributed by atoms with E-state index in [1.54, 1.807) is 0 Å². The van der Waals surface area contributed by atoms with Gasteiger partial charge in [0.15, 0.2) is 0 Å². The summed E-state index contributed by atoms with van der Waals surface area (Å²) in [5.41, 5.74) is 8.87. The topological polar surface area (TPSA) is 42.1 Å². The summed E-state index contributed by atoms with van der Waals surface area (Å²) in [6, 6.07) is 14.6. The van der Waals surface area contributed by atoms with Gasteiger partial charge < -0.3 is 5.73 Å². The lowest BCUT2D eigenvalue weighted by Crippen LogP contribution is -2.39. The Hall–Kier alpha value is -1.71. The molecule has 0 bridgehead atoms. The minimum absolute atomic E-state index is 0.224. The SMILES string of the molecule is NC1(c2ccncc2)CCN(Cc2ccccc2)C1. The van der Waals surface area contributed by atoms with E-state index >= 15 is 0 Å². The summed E-state index contributed by atoms with van der Waals surface area (Å²) < 4.78 is 0. The van der Waals surface area contributed by atoms with Crippen LogP contribution < -0.4 is 5.73 Å². The summed E-state index contributed by atoms with van der Waals surface area (Å²) in [5, 5.41) is 0. The molecule has 2 heterocycles. The van der Waals surface area contributed by atoms with Gasteiger partial charge in [-0.05, 0) is 29.7 Å². The zero-order valence-electron chi connectivity index (χ0n) is 11.0. The summed E-state index contributed by atoms with van der Waals surface area (Å²) in [4.78, 5) is 6.49. The maximum absolute atomic E-state index is 6.55. The Morgan fingerprint density at radius 3 is 2.58 bits per heavy atom. The number of benzene rings is 1. The molecule has 0 spiro atoms. The average Bonchev–Trinajstić information content (AvgIpc) is 2.84. The van der Waals surface area contributed by atoms with E-state index in [9.17, 15) is 0 Å². The Kier molecular flexibility index (Phi) is 3.32. The summed E-state index contributed by atoms with van der Waals surface area (Å²) in [6.07, 6.45) is 4.65. The van der Waals surface area contributed by atoms with Crippen LogP contribution in [0.5, 0.6) is 0 Å². The van der Waals surface area contributed by atoms with Crippen molar-refractivity contribution in [1.29, 1.82) is 0 Å². The summed E-state index contributed by atoms with van der Waals surface area (Å²) in [7, 11) is 0. The second-order valence-corrected chi connectivity index (χ2v) is 5.34. The zero-order chi connectivity index (χ0) is 13.1. The third-order valence-corrected chi connectivity index (χ3v) is 3.88. The standard InChI is InChI=1S/C16H19N3/c17-16(15-6-9-18-10-7-15)8-11-19(13-16)12-14-4-2-1-3-5-14/h1-7,9-10H,8,11-13,17H2. The highest BCUT2D eigenvalue weighted by atomic mass is 15.2. The van der Waals surface area contributed by atoms with Crippen LogP contribution in [-0.2, 0) is 12.1 Å². The molecule has 0 amide bonds. The molecule has 1 fully saturated rings. The second-order valence-electron chi connectivity index (χ2n) is 5.34. The van der Waals surface area contributed by atoms with Crippen molar-refractivity contribution in [2.24, 2.45) is 5.73 Å². The maximum atomic E-state index is 6.55. The van der Waals surface area contributed by atoms with Gasteiger partial charge >= 0.3 is 0 Å². The van der Waals surface area contributed by atoms with E-state index in [0.717, 1.165) is 26.1 Å². The van der Waals surface area contributed by atoms with Crippen molar-refractivity contribution in [1.82, 2.24) is 9.88 Å². The number of pyridine rings is 1. The molecule has 0 saturated carbocycles. The molecule has 1 aliphatic rings. The number of nitrogens with zero attached hydrogens (tertiary/aromatic N) is 2. The lowest BCUT2D eigenvalue weighted by Gasteiger charge is -2.25. The Labute approximate surface area is 114 Å². The fraction of sp³-hybridized carbons (Fsp3) is 0.312. The molecule has 3 nitrogen and oxygen atoms in total. The van der Waals surface area contributed by atoms with E-state index in [-0.39, 0.29) is 5.54 Å². The molecule has 1 unspecified atom stereocenters. The van der Waals surface area contributed by atoms with Crippen LogP contribution in [-0.4, -0.2) is 23.0 Å². The number of aromatic nitrogens is 1. The molecule has 19 heavy (non-hydrogen) atoms. The van der Waals surface area contributed by atoms with E-state index in [0.29, 0.717) is 0 Å². The van der Waals surface area contributed by atoms with E-state index < -0.39 is 0 Å². The quantitative estimate of drug-likeness (QED) is 0.911. The average molecular weight is 253 g/mol. The molecule has 98 valence electrons. The van der Waals surface area contributed by atoms with Crippen molar-refractivity contribution < 1.29 is 0 Å². The lowest BCUT2D eigenvalue weighted by molar-refractivity contribution is 0.304. The monoisotopic (exact) mass is 253 g/mol. The third-order valence-electron chi connectivity index (χ3n) is 3.88. The highest BCUT2D eigenvalue weighted by molar-refractivity contribution is 5.24. The van der Waals surface area contributed by atoms with Gasteiger partial charge in [-0.1, -0.05) is 30.3 Å². The van der Waals surface area contributed by atoms with Gasteiger partial charge in [0, 0.05) is 32.0 Å². The Balaban J connectivity index is 1.70. The van der Waals surface area contributed by atoms with Crippen molar-refractivity contribution in [2.75, 3.05) is 13.1 Å². The smallest absolute Gasteiger partial charge is 0.0552 e. The second kappa shape index (κ2) is 5.11. The predicted octanol–water partition coefficient (Wildman–Crippen LogP) is 2.14. The van der Waals surface area contributed by atoms with E-state index in [4.69, 9.17) is 5.73 Å². The van der Waals surface area contributed by atoms with Crippen LogP contribution in [0.25, 0.3) is 0 Å². The number of rotatable bonds is 3. The van der Waals surface area contributed by atoms with Crippen LogP contribution in [0.3, 0.4) is 0 Å². The molecule has 2 aromatic rings. The third kappa shape index (κ3) is 2.67. The normalized spacial score (nSPS) is 23.6. The molecular weight excluding hydrogens is 234 g/mol. The summed E-state index contributed by atoms with van der Waals surface area (Å²) in [5.74, 6) is 0. The van der Waals surface area contributed by atoms with Crippen molar-refractivity contribution in [3.8, 4) is 0 Å². The first-order valence-electron chi connectivity index (χ1n) is 6.72. The Morgan fingerprint density at radius 2 is 1.84 bits per heavy atom. The molecule has 3 rings (SSSR count). The summed E-state index contributed by atoms with van der Waals surface area (Å²) >= 11 is 0. The molecule has 1 atom stereocenters. The van der Waals surface area contributed by atoms with Crippen LogP contribution in [0.4, 0.5) is 0 Å². The predicted molar refractivity (Wildman–Crippen MR) is 76.4 cm³/mol. The first kappa shape index (κ1) is 12.3. The van der Waals surface area contributed by atoms with Crippen LogP contribution >= 0.6 is 0 Å². The lowest BCUT2D eigenvalue weighted by atomic mass is 9.91. The van der Waals surface area contributed by atoms with Gasteiger partial charge in [-0.2, -0.15) is 0 Å². The van der Waals surface area contributed by atoms with Gasteiger partial charge in [0.25, 0.3) is 0 Å². The Bertz CT molecular complexity index is 526. The van der Waals surface area contributed by atoms with Crippen molar-refractivity contribution in [3.05, 3.63) is 66.0 Å². The highest BCUT2D eigenvalue weighted by Gasteiger charge is 2.35. The van der Waals surface area contributed by atoms with Gasteiger partial charge in [0.05, 0.1) is 5.54 Å². The number of hydrogen-bond acceptors (Lipinski definition) is 3. The molecule has 0 radical (unpaired) electrons. The fourth-order valence-corrected chi connectivity index (χ4v) is 2.81. The first-order chi connectivity index (χ1) is 9.26. The fourth-order valence-electron chi connectivity index (χ4n) is 2.81. The number of hydrogen-bond donors (Lipinski definition) is 1. The maximum Gasteiger partial charge on any atom is 0.0552 e. The molecule has 1 aromatic carbocycles. The van der Waals surface area contributed by atoms with Crippen molar-refractivity contribution >= 4 is 0 Å². The van der Waals surface area contributed by atoms with Gasteiger partial charge in [0.2, 0.25) is 0 Å².